The third-order valence-electron chi connectivity index (χ3n) is 5.49. The van der Waals surface area contributed by atoms with Crippen LogP contribution < -0.4 is 24.8 Å². The summed E-state index contributed by atoms with van der Waals surface area (Å²) in [5.41, 5.74) is 1.86. The van der Waals surface area contributed by atoms with E-state index in [1.165, 1.54) is 11.3 Å². The second kappa shape index (κ2) is 9.91. The Morgan fingerprint density at radius 3 is 2.42 bits per heavy atom. The van der Waals surface area contributed by atoms with Gasteiger partial charge in [0.2, 0.25) is 5.91 Å². The largest absolute Gasteiger partial charge is 0.497 e. The van der Waals surface area contributed by atoms with Crippen LogP contribution in [0.4, 0.5) is 10.8 Å². The summed E-state index contributed by atoms with van der Waals surface area (Å²) < 4.78 is 15.7. The second-order valence-corrected chi connectivity index (χ2v) is 8.60. The van der Waals surface area contributed by atoms with Crippen LogP contribution >= 0.6 is 11.3 Å². The highest BCUT2D eigenvalue weighted by Gasteiger charge is 2.31. The van der Waals surface area contributed by atoms with E-state index in [4.69, 9.17) is 14.2 Å². The van der Waals surface area contributed by atoms with Crippen LogP contribution in [0.2, 0.25) is 0 Å². The Kier molecular flexibility index (Phi) is 6.79. The zero-order valence-electron chi connectivity index (χ0n) is 18.6. The summed E-state index contributed by atoms with van der Waals surface area (Å²) in [4.78, 5) is 31.3. The number of amides is 2. The summed E-state index contributed by atoms with van der Waals surface area (Å²) in [6.45, 7) is 0. The minimum Gasteiger partial charge on any atom is -0.497 e. The lowest BCUT2D eigenvalue weighted by Gasteiger charge is -2.20. The van der Waals surface area contributed by atoms with Gasteiger partial charge in [-0.25, -0.2) is 4.98 Å². The predicted molar refractivity (Wildman–Crippen MR) is 127 cm³/mol. The quantitative estimate of drug-likeness (QED) is 0.532. The zero-order chi connectivity index (χ0) is 23.4. The number of carbonyl (C=O) groups excluding carboxylic acids is 2. The molecular formula is C24H25N3O5S. The van der Waals surface area contributed by atoms with Gasteiger partial charge < -0.3 is 19.5 Å². The van der Waals surface area contributed by atoms with Crippen molar-refractivity contribution in [2.45, 2.75) is 25.2 Å². The molecule has 1 heterocycles. The summed E-state index contributed by atoms with van der Waals surface area (Å²) in [5.74, 6) is 1.03. The van der Waals surface area contributed by atoms with Crippen LogP contribution in [0, 0.1) is 0 Å². The summed E-state index contributed by atoms with van der Waals surface area (Å²) in [7, 11) is 4.69. The van der Waals surface area contributed by atoms with Gasteiger partial charge in [-0.2, -0.15) is 0 Å². The maximum atomic E-state index is 13.1. The minimum absolute atomic E-state index is 0.137. The molecule has 0 spiro atoms. The fourth-order valence-corrected chi connectivity index (χ4v) is 4.84. The van der Waals surface area contributed by atoms with E-state index in [9.17, 15) is 9.59 Å². The van der Waals surface area contributed by atoms with Gasteiger partial charge in [-0.1, -0.05) is 0 Å². The number of anilines is 2. The van der Waals surface area contributed by atoms with Crippen molar-refractivity contribution < 1.29 is 23.8 Å². The van der Waals surface area contributed by atoms with E-state index in [1.54, 1.807) is 63.8 Å². The fourth-order valence-electron chi connectivity index (χ4n) is 3.78. The van der Waals surface area contributed by atoms with E-state index in [2.05, 4.69) is 15.6 Å². The first-order valence-corrected chi connectivity index (χ1v) is 11.3. The Balaban J connectivity index is 1.48. The molecule has 33 heavy (non-hydrogen) atoms. The Morgan fingerprint density at radius 1 is 0.970 bits per heavy atom. The molecule has 1 aliphatic carbocycles. The van der Waals surface area contributed by atoms with Gasteiger partial charge in [0.25, 0.3) is 5.91 Å². The van der Waals surface area contributed by atoms with Crippen molar-refractivity contribution in [3.8, 4) is 17.2 Å². The maximum absolute atomic E-state index is 13.1. The third-order valence-corrected chi connectivity index (χ3v) is 6.54. The Hall–Kier alpha value is -3.59. The summed E-state index contributed by atoms with van der Waals surface area (Å²) in [6, 6.07) is 12.1. The Bertz CT molecular complexity index is 1160. The highest BCUT2D eigenvalue weighted by Crippen LogP contribution is 2.38. The molecule has 1 atom stereocenters. The van der Waals surface area contributed by atoms with E-state index < -0.39 is 0 Å². The van der Waals surface area contributed by atoms with E-state index in [0.717, 1.165) is 23.4 Å². The van der Waals surface area contributed by atoms with Crippen molar-refractivity contribution >= 4 is 34.0 Å². The number of benzene rings is 2. The van der Waals surface area contributed by atoms with Crippen LogP contribution in [-0.2, 0) is 11.2 Å². The average Bonchev–Trinajstić information content (AvgIpc) is 3.26. The molecule has 4 rings (SSSR count). The molecule has 2 N–H and O–H groups in total. The van der Waals surface area contributed by atoms with Crippen LogP contribution in [-0.4, -0.2) is 38.1 Å². The number of nitrogens with zero attached hydrogens (tertiary/aromatic N) is 1. The molecule has 0 radical (unpaired) electrons. The lowest BCUT2D eigenvalue weighted by molar-refractivity contribution is -0.117. The topological polar surface area (TPSA) is 98.8 Å². The third kappa shape index (κ3) is 4.93. The van der Waals surface area contributed by atoms with Crippen LogP contribution in [0.1, 0.15) is 39.7 Å². The fraction of sp³-hybridized carbons (Fsp3) is 0.292. The molecule has 1 unspecified atom stereocenters. The predicted octanol–water partition coefficient (Wildman–Crippen LogP) is 4.48. The van der Waals surface area contributed by atoms with Crippen molar-refractivity contribution in [2.75, 3.05) is 32.0 Å². The minimum atomic E-state index is -0.385. The van der Waals surface area contributed by atoms with Gasteiger partial charge in [0.15, 0.2) is 16.6 Å². The van der Waals surface area contributed by atoms with Crippen LogP contribution in [0.15, 0.2) is 42.5 Å². The molecule has 2 aromatic carbocycles. The van der Waals surface area contributed by atoms with Crippen LogP contribution in [0.3, 0.4) is 0 Å². The number of rotatable bonds is 7. The van der Waals surface area contributed by atoms with Crippen molar-refractivity contribution in [3.63, 3.8) is 0 Å². The van der Waals surface area contributed by atoms with E-state index in [0.29, 0.717) is 40.1 Å². The second-order valence-electron chi connectivity index (χ2n) is 7.51. The standard InChI is InChI=1S/C24H25N3O5S/c1-30-16-10-7-14(8-11-16)22(28)27-24-26-21-17(5-4-6-20(21)33-24)23(29)25-15-9-12-18(31-2)19(13-15)32-3/h7-13,17H,4-6H2,1-3H3,(H,25,29)(H,26,27,28). The number of nitrogens with one attached hydrogen (secondary N) is 2. The van der Waals surface area contributed by atoms with E-state index in [-0.39, 0.29) is 17.7 Å². The van der Waals surface area contributed by atoms with Crippen molar-refractivity contribution in [3.05, 3.63) is 58.6 Å². The van der Waals surface area contributed by atoms with Crippen molar-refractivity contribution in [2.24, 2.45) is 0 Å². The molecule has 0 saturated heterocycles. The van der Waals surface area contributed by atoms with Crippen LogP contribution in [0.25, 0.3) is 0 Å². The molecule has 0 aliphatic heterocycles. The number of aromatic nitrogens is 1. The number of aryl methyl sites for hydroxylation is 1. The van der Waals surface area contributed by atoms with E-state index >= 15 is 0 Å². The molecule has 1 aromatic heterocycles. The van der Waals surface area contributed by atoms with Gasteiger partial charge in [-0.3, -0.25) is 14.9 Å². The molecule has 8 nitrogen and oxygen atoms in total. The van der Waals surface area contributed by atoms with E-state index in [1.807, 2.05) is 0 Å². The number of thiazole rings is 1. The SMILES string of the molecule is COc1ccc(C(=O)Nc2nc3c(s2)CCCC3C(=O)Nc2ccc(OC)c(OC)c2)cc1. The zero-order valence-corrected chi connectivity index (χ0v) is 19.5. The lowest BCUT2D eigenvalue weighted by atomic mass is 9.90. The Labute approximate surface area is 195 Å². The lowest BCUT2D eigenvalue weighted by Crippen LogP contribution is -2.24. The monoisotopic (exact) mass is 467 g/mol. The van der Waals surface area contributed by atoms with Gasteiger partial charge in [0, 0.05) is 22.2 Å². The molecule has 3 aromatic rings. The van der Waals surface area contributed by atoms with Crippen molar-refractivity contribution in [1.82, 2.24) is 4.98 Å². The number of hydrogen-bond acceptors (Lipinski definition) is 7. The number of methoxy groups -OCH3 is 3. The number of ether oxygens (including phenoxy) is 3. The van der Waals surface area contributed by atoms with Gasteiger partial charge in [-0.15, -0.1) is 11.3 Å². The number of carbonyl (C=O) groups is 2. The summed E-state index contributed by atoms with van der Waals surface area (Å²) in [5, 5.41) is 6.30. The number of fused-ring (bicyclic) bond motifs is 1. The molecule has 0 saturated carbocycles. The molecule has 9 heteroatoms. The Morgan fingerprint density at radius 2 is 1.73 bits per heavy atom. The van der Waals surface area contributed by atoms with Gasteiger partial charge >= 0.3 is 0 Å². The number of hydrogen-bond donors (Lipinski definition) is 2. The maximum Gasteiger partial charge on any atom is 0.257 e. The first-order chi connectivity index (χ1) is 16.0. The average molecular weight is 468 g/mol. The first kappa shape index (κ1) is 22.6. The van der Waals surface area contributed by atoms with Crippen LogP contribution in [0.5, 0.6) is 17.2 Å². The first-order valence-electron chi connectivity index (χ1n) is 10.5. The molecule has 172 valence electrons. The molecule has 0 fully saturated rings. The highest BCUT2D eigenvalue weighted by atomic mass is 32.1. The molecular weight excluding hydrogens is 442 g/mol. The molecule has 2 amide bonds. The molecule has 0 bridgehead atoms. The smallest absolute Gasteiger partial charge is 0.257 e. The van der Waals surface area contributed by atoms with Gasteiger partial charge in [0.1, 0.15) is 5.75 Å². The van der Waals surface area contributed by atoms with Crippen molar-refractivity contribution in [1.29, 1.82) is 0 Å². The normalized spacial score (nSPS) is 14.7. The van der Waals surface area contributed by atoms with Gasteiger partial charge in [-0.05, 0) is 55.7 Å². The summed E-state index contributed by atoms with van der Waals surface area (Å²) >= 11 is 1.42. The molecule has 1 aliphatic rings. The summed E-state index contributed by atoms with van der Waals surface area (Å²) in [6.07, 6.45) is 2.42. The highest BCUT2D eigenvalue weighted by molar-refractivity contribution is 7.16. The van der Waals surface area contributed by atoms with Gasteiger partial charge in [0.05, 0.1) is 32.9 Å².